The standard InChI is InChI=1S/C12H22N2S/c1-4-13-7-8-14-10-12(2,3)11-6-5-9-15-11/h5-6,9,13-14H,4,7-8,10H2,1-3H3. The molecule has 0 aliphatic heterocycles. The van der Waals surface area contributed by atoms with E-state index in [0.717, 1.165) is 26.2 Å². The molecule has 1 heterocycles. The van der Waals surface area contributed by atoms with Crippen molar-refractivity contribution in [2.24, 2.45) is 0 Å². The molecule has 0 fully saturated rings. The van der Waals surface area contributed by atoms with Crippen LogP contribution in [0.15, 0.2) is 17.5 Å². The molecule has 0 aliphatic carbocycles. The number of thiophene rings is 1. The molecule has 2 nitrogen and oxygen atoms in total. The number of hydrogen-bond donors (Lipinski definition) is 2. The molecule has 1 aromatic rings. The SMILES string of the molecule is CCNCCNCC(C)(C)c1cccs1. The van der Waals surface area contributed by atoms with Crippen LogP contribution in [-0.2, 0) is 5.41 Å². The molecular weight excluding hydrogens is 204 g/mol. The Balaban J connectivity index is 2.25. The molecule has 0 aliphatic rings. The first kappa shape index (κ1) is 12.7. The molecule has 1 rings (SSSR count). The zero-order chi connectivity index (χ0) is 11.1. The monoisotopic (exact) mass is 226 g/mol. The molecule has 86 valence electrons. The average Bonchev–Trinajstić information content (AvgIpc) is 2.70. The van der Waals surface area contributed by atoms with Gasteiger partial charge in [-0.1, -0.05) is 26.8 Å². The molecule has 0 saturated heterocycles. The number of nitrogens with one attached hydrogen (secondary N) is 2. The van der Waals surface area contributed by atoms with Crippen molar-refractivity contribution in [1.82, 2.24) is 10.6 Å². The second-order valence-corrected chi connectivity index (χ2v) is 5.34. The summed E-state index contributed by atoms with van der Waals surface area (Å²) >= 11 is 1.84. The van der Waals surface area contributed by atoms with Crippen LogP contribution in [0.5, 0.6) is 0 Å². The minimum absolute atomic E-state index is 0.250. The summed E-state index contributed by atoms with van der Waals surface area (Å²) in [5, 5.41) is 8.95. The Morgan fingerprint density at radius 3 is 2.60 bits per heavy atom. The highest BCUT2D eigenvalue weighted by Gasteiger charge is 2.20. The Morgan fingerprint density at radius 1 is 1.27 bits per heavy atom. The molecule has 15 heavy (non-hydrogen) atoms. The molecule has 0 unspecified atom stereocenters. The van der Waals surface area contributed by atoms with Crippen LogP contribution in [0.25, 0.3) is 0 Å². The summed E-state index contributed by atoms with van der Waals surface area (Å²) in [7, 11) is 0. The van der Waals surface area contributed by atoms with Gasteiger partial charge in [-0.2, -0.15) is 0 Å². The van der Waals surface area contributed by atoms with Crippen LogP contribution >= 0.6 is 11.3 Å². The Kier molecular flexibility index (Phi) is 5.29. The van der Waals surface area contributed by atoms with Crippen molar-refractivity contribution in [3.63, 3.8) is 0 Å². The molecule has 3 heteroatoms. The van der Waals surface area contributed by atoms with Crippen molar-refractivity contribution in [2.75, 3.05) is 26.2 Å². The smallest absolute Gasteiger partial charge is 0.0115 e. The summed E-state index contributed by atoms with van der Waals surface area (Å²) in [4.78, 5) is 1.46. The van der Waals surface area contributed by atoms with Crippen molar-refractivity contribution in [1.29, 1.82) is 0 Å². The Hall–Kier alpha value is -0.380. The highest BCUT2D eigenvalue weighted by Crippen LogP contribution is 2.26. The van der Waals surface area contributed by atoms with Gasteiger partial charge in [0.15, 0.2) is 0 Å². The van der Waals surface area contributed by atoms with Gasteiger partial charge in [0.25, 0.3) is 0 Å². The van der Waals surface area contributed by atoms with Gasteiger partial charge in [0.1, 0.15) is 0 Å². The molecule has 1 aromatic heterocycles. The molecular formula is C12H22N2S. The first-order valence-corrected chi connectivity index (χ1v) is 6.50. The van der Waals surface area contributed by atoms with Gasteiger partial charge >= 0.3 is 0 Å². The maximum Gasteiger partial charge on any atom is 0.0115 e. The number of hydrogen-bond acceptors (Lipinski definition) is 3. The lowest BCUT2D eigenvalue weighted by Gasteiger charge is -2.23. The van der Waals surface area contributed by atoms with E-state index in [0.29, 0.717) is 0 Å². The van der Waals surface area contributed by atoms with E-state index < -0.39 is 0 Å². The Morgan fingerprint density at radius 2 is 2.00 bits per heavy atom. The van der Waals surface area contributed by atoms with Crippen molar-refractivity contribution in [3.8, 4) is 0 Å². The largest absolute Gasteiger partial charge is 0.316 e. The quantitative estimate of drug-likeness (QED) is 0.697. The van der Waals surface area contributed by atoms with Gasteiger partial charge in [0.05, 0.1) is 0 Å². The van der Waals surface area contributed by atoms with E-state index in [1.165, 1.54) is 4.88 Å². The summed E-state index contributed by atoms with van der Waals surface area (Å²) < 4.78 is 0. The van der Waals surface area contributed by atoms with Gasteiger partial charge in [0.2, 0.25) is 0 Å². The van der Waals surface area contributed by atoms with Crippen LogP contribution in [0.3, 0.4) is 0 Å². The van der Waals surface area contributed by atoms with E-state index >= 15 is 0 Å². The van der Waals surface area contributed by atoms with Crippen LogP contribution in [0.4, 0.5) is 0 Å². The second-order valence-electron chi connectivity index (χ2n) is 4.39. The predicted octanol–water partition coefficient (Wildman–Crippen LogP) is 2.22. The summed E-state index contributed by atoms with van der Waals surface area (Å²) in [5.74, 6) is 0. The van der Waals surface area contributed by atoms with Crippen molar-refractivity contribution in [3.05, 3.63) is 22.4 Å². The topological polar surface area (TPSA) is 24.1 Å². The minimum atomic E-state index is 0.250. The zero-order valence-corrected chi connectivity index (χ0v) is 10.8. The van der Waals surface area contributed by atoms with E-state index in [2.05, 4.69) is 48.9 Å². The summed E-state index contributed by atoms with van der Waals surface area (Å²) in [6, 6.07) is 4.34. The van der Waals surface area contributed by atoms with Crippen LogP contribution in [0.2, 0.25) is 0 Å². The van der Waals surface area contributed by atoms with Crippen LogP contribution < -0.4 is 10.6 Å². The van der Waals surface area contributed by atoms with Gasteiger partial charge < -0.3 is 10.6 Å². The van der Waals surface area contributed by atoms with Gasteiger partial charge in [-0.25, -0.2) is 0 Å². The highest BCUT2D eigenvalue weighted by atomic mass is 32.1. The first-order valence-electron chi connectivity index (χ1n) is 5.62. The second kappa shape index (κ2) is 6.26. The predicted molar refractivity (Wildman–Crippen MR) is 68.8 cm³/mol. The molecule has 0 spiro atoms. The van der Waals surface area contributed by atoms with Crippen molar-refractivity contribution >= 4 is 11.3 Å². The Labute approximate surface area is 97.1 Å². The normalized spacial score (nSPS) is 11.9. The lowest BCUT2D eigenvalue weighted by molar-refractivity contribution is 0.473. The fraction of sp³-hybridized carbons (Fsp3) is 0.667. The van der Waals surface area contributed by atoms with Gasteiger partial charge in [0, 0.05) is 29.9 Å². The summed E-state index contributed by atoms with van der Waals surface area (Å²) in [6.45, 7) is 10.9. The van der Waals surface area contributed by atoms with Crippen molar-refractivity contribution < 1.29 is 0 Å². The van der Waals surface area contributed by atoms with E-state index in [1.807, 2.05) is 11.3 Å². The fourth-order valence-corrected chi connectivity index (χ4v) is 2.36. The third-order valence-corrected chi connectivity index (χ3v) is 3.72. The Bertz CT molecular complexity index is 255. The molecule has 0 aromatic carbocycles. The van der Waals surface area contributed by atoms with Crippen LogP contribution in [-0.4, -0.2) is 26.2 Å². The minimum Gasteiger partial charge on any atom is -0.316 e. The molecule has 0 amide bonds. The number of likely N-dealkylation sites (N-methyl/N-ethyl adjacent to an activating group) is 1. The van der Waals surface area contributed by atoms with E-state index in [1.54, 1.807) is 0 Å². The molecule has 0 saturated carbocycles. The van der Waals surface area contributed by atoms with E-state index in [4.69, 9.17) is 0 Å². The molecule has 0 radical (unpaired) electrons. The number of rotatable bonds is 7. The van der Waals surface area contributed by atoms with Gasteiger partial charge in [-0.05, 0) is 18.0 Å². The maximum absolute atomic E-state index is 3.49. The highest BCUT2D eigenvalue weighted by molar-refractivity contribution is 7.10. The summed E-state index contributed by atoms with van der Waals surface area (Å²) in [6.07, 6.45) is 0. The van der Waals surface area contributed by atoms with Crippen LogP contribution in [0.1, 0.15) is 25.6 Å². The molecule has 0 atom stereocenters. The molecule has 0 bridgehead atoms. The third kappa shape index (κ3) is 4.33. The molecule has 2 N–H and O–H groups in total. The third-order valence-electron chi connectivity index (χ3n) is 2.48. The first-order chi connectivity index (χ1) is 7.17. The van der Waals surface area contributed by atoms with Gasteiger partial charge in [-0.3, -0.25) is 0 Å². The lowest BCUT2D eigenvalue weighted by atomic mass is 9.91. The van der Waals surface area contributed by atoms with E-state index in [9.17, 15) is 0 Å². The lowest BCUT2D eigenvalue weighted by Crippen LogP contribution is -2.36. The fourth-order valence-electron chi connectivity index (χ4n) is 1.51. The average molecular weight is 226 g/mol. The summed E-state index contributed by atoms with van der Waals surface area (Å²) in [5.41, 5.74) is 0.250. The van der Waals surface area contributed by atoms with E-state index in [-0.39, 0.29) is 5.41 Å². The van der Waals surface area contributed by atoms with Crippen LogP contribution in [0, 0.1) is 0 Å². The maximum atomic E-state index is 3.49. The van der Waals surface area contributed by atoms with Crippen molar-refractivity contribution in [2.45, 2.75) is 26.2 Å². The van der Waals surface area contributed by atoms with Gasteiger partial charge in [-0.15, -0.1) is 11.3 Å². The zero-order valence-electron chi connectivity index (χ0n) is 9.97.